The topological polar surface area (TPSA) is 66.9 Å². The van der Waals surface area contributed by atoms with Gasteiger partial charge in [0.1, 0.15) is 5.75 Å². The first kappa shape index (κ1) is 16.8. The molecule has 0 saturated carbocycles. The third kappa shape index (κ3) is 3.59. The van der Waals surface area contributed by atoms with Gasteiger partial charge in [-0.2, -0.15) is 4.31 Å². The first-order valence-electron chi connectivity index (χ1n) is 7.28. The predicted octanol–water partition coefficient (Wildman–Crippen LogP) is 0.975. The van der Waals surface area contributed by atoms with E-state index in [1.54, 1.807) is 24.1 Å². The summed E-state index contributed by atoms with van der Waals surface area (Å²) in [5.74, 6) is 0.714. The predicted molar refractivity (Wildman–Crippen MR) is 84.7 cm³/mol. The summed E-state index contributed by atoms with van der Waals surface area (Å²) < 4.78 is 29.7. The van der Waals surface area contributed by atoms with Crippen molar-refractivity contribution in [1.82, 2.24) is 9.21 Å². The van der Waals surface area contributed by atoms with Gasteiger partial charge in [-0.3, -0.25) is 4.79 Å². The minimum atomic E-state index is -3.18. The summed E-state index contributed by atoms with van der Waals surface area (Å²) in [4.78, 5) is 14.2. The van der Waals surface area contributed by atoms with Crippen LogP contribution in [0.2, 0.25) is 0 Å². The van der Waals surface area contributed by atoms with Crippen LogP contribution in [0.25, 0.3) is 0 Å². The Morgan fingerprint density at radius 1 is 1.23 bits per heavy atom. The maximum Gasteiger partial charge on any atom is 0.253 e. The number of nitrogens with zero attached hydrogens (tertiary/aromatic N) is 2. The largest absolute Gasteiger partial charge is 0.496 e. The van der Waals surface area contributed by atoms with Gasteiger partial charge in [-0.1, -0.05) is 6.92 Å². The summed E-state index contributed by atoms with van der Waals surface area (Å²) in [5.41, 5.74) is 1.61. The Hall–Kier alpha value is -1.60. The van der Waals surface area contributed by atoms with Crippen LogP contribution in [0, 0.1) is 0 Å². The van der Waals surface area contributed by atoms with Crippen LogP contribution >= 0.6 is 0 Å². The van der Waals surface area contributed by atoms with Crippen LogP contribution in [-0.4, -0.2) is 63.1 Å². The molecule has 1 aromatic rings. The molecule has 22 heavy (non-hydrogen) atoms. The molecule has 1 aliphatic heterocycles. The molecule has 1 aliphatic rings. The van der Waals surface area contributed by atoms with Gasteiger partial charge >= 0.3 is 0 Å². The Morgan fingerprint density at radius 3 is 2.36 bits per heavy atom. The van der Waals surface area contributed by atoms with Crippen molar-refractivity contribution in [1.29, 1.82) is 0 Å². The zero-order valence-corrected chi connectivity index (χ0v) is 14.0. The number of carbonyl (C=O) groups is 1. The minimum absolute atomic E-state index is 0.0643. The zero-order chi connectivity index (χ0) is 16.3. The maximum atomic E-state index is 12.5. The molecule has 7 heteroatoms. The van der Waals surface area contributed by atoms with Gasteiger partial charge in [0.15, 0.2) is 0 Å². The Morgan fingerprint density at radius 2 is 1.86 bits per heavy atom. The third-order valence-corrected chi connectivity index (χ3v) is 5.21. The summed E-state index contributed by atoms with van der Waals surface area (Å²) >= 11 is 0. The number of piperazine rings is 1. The lowest BCUT2D eigenvalue weighted by molar-refractivity contribution is 0.0698. The number of benzene rings is 1. The number of aryl methyl sites for hydroxylation is 1. The van der Waals surface area contributed by atoms with Gasteiger partial charge in [-0.25, -0.2) is 8.42 Å². The van der Waals surface area contributed by atoms with Crippen LogP contribution in [0.15, 0.2) is 18.2 Å². The summed E-state index contributed by atoms with van der Waals surface area (Å²) in [6, 6.07) is 5.41. The van der Waals surface area contributed by atoms with E-state index < -0.39 is 10.0 Å². The van der Waals surface area contributed by atoms with Crippen molar-refractivity contribution in [2.45, 2.75) is 13.3 Å². The van der Waals surface area contributed by atoms with Crippen LogP contribution in [0.1, 0.15) is 22.8 Å². The second kappa shape index (κ2) is 6.66. The number of carbonyl (C=O) groups excluding carboxylic acids is 1. The second-order valence-electron chi connectivity index (χ2n) is 5.33. The lowest BCUT2D eigenvalue weighted by Crippen LogP contribution is -2.50. The van der Waals surface area contributed by atoms with Gasteiger partial charge in [0.05, 0.1) is 13.4 Å². The molecule has 0 unspecified atom stereocenters. The summed E-state index contributed by atoms with van der Waals surface area (Å²) in [6.07, 6.45) is 1.98. The SMILES string of the molecule is CCc1cc(C(=O)N2CCN(S(C)(=O)=O)CC2)ccc1OC. The maximum absolute atomic E-state index is 12.5. The van der Waals surface area contributed by atoms with Crippen molar-refractivity contribution in [2.75, 3.05) is 39.5 Å². The van der Waals surface area contributed by atoms with E-state index in [9.17, 15) is 13.2 Å². The monoisotopic (exact) mass is 326 g/mol. The van der Waals surface area contributed by atoms with Gasteiger partial charge in [0.2, 0.25) is 10.0 Å². The molecule has 1 saturated heterocycles. The molecule has 1 aromatic carbocycles. The van der Waals surface area contributed by atoms with Crippen molar-refractivity contribution in [2.24, 2.45) is 0 Å². The number of methoxy groups -OCH3 is 1. The van der Waals surface area contributed by atoms with Crippen molar-refractivity contribution >= 4 is 15.9 Å². The van der Waals surface area contributed by atoms with Gasteiger partial charge in [-0.05, 0) is 30.2 Å². The average molecular weight is 326 g/mol. The number of hydrogen-bond donors (Lipinski definition) is 0. The highest BCUT2D eigenvalue weighted by Gasteiger charge is 2.26. The molecule has 6 nitrogen and oxygen atoms in total. The quantitative estimate of drug-likeness (QED) is 0.827. The highest BCUT2D eigenvalue weighted by molar-refractivity contribution is 7.88. The van der Waals surface area contributed by atoms with E-state index in [0.29, 0.717) is 31.7 Å². The molecule has 1 heterocycles. The number of ether oxygens (including phenoxy) is 1. The van der Waals surface area contributed by atoms with Crippen LogP contribution in [-0.2, 0) is 16.4 Å². The molecule has 1 fully saturated rings. The van der Waals surface area contributed by atoms with Crippen molar-refractivity contribution in [3.05, 3.63) is 29.3 Å². The summed E-state index contributed by atoms with van der Waals surface area (Å²) in [5, 5.41) is 0. The van der Waals surface area contributed by atoms with Crippen LogP contribution < -0.4 is 4.74 Å². The van der Waals surface area contributed by atoms with Crippen molar-refractivity contribution < 1.29 is 17.9 Å². The lowest BCUT2D eigenvalue weighted by Gasteiger charge is -2.33. The highest BCUT2D eigenvalue weighted by atomic mass is 32.2. The second-order valence-corrected chi connectivity index (χ2v) is 7.32. The molecule has 1 amide bonds. The van der Waals surface area contributed by atoms with Crippen molar-refractivity contribution in [3.63, 3.8) is 0 Å². The minimum Gasteiger partial charge on any atom is -0.496 e. The Bertz CT molecular complexity index is 650. The van der Waals surface area contributed by atoms with E-state index in [4.69, 9.17) is 4.74 Å². The summed E-state index contributed by atoms with van der Waals surface area (Å²) in [7, 11) is -1.57. The molecular formula is C15H22N2O4S. The molecule has 0 atom stereocenters. The first-order valence-corrected chi connectivity index (χ1v) is 9.13. The smallest absolute Gasteiger partial charge is 0.253 e. The molecule has 2 rings (SSSR count). The first-order chi connectivity index (χ1) is 10.4. The van der Waals surface area contributed by atoms with Gasteiger partial charge in [-0.15, -0.1) is 0 Å². The van der Waals surface area contributed by atoms with E-state index in [1.807, 2.05) is 13.0 Å². The lowest BCUT2D eigenvalue weighted by atomic mass is 10.1. The molecule has 0 N–H and O–H groups in total. The summed E-state index contributed by atoms with van der Waals surface area (Å²) in [6.45, 7) is 3.54. The Balaban J connectivity index is 2.10. The van der Waals surface area contributed by atoms with E-state index >= 15 is 0 Å². The number of rotatable bonds is 4. The molecule has 0 spiro atoms. The normalized spacial score (nSPS) is 16.6. The molecule has 0 aliphatic carbocycles. The van der Waals surface area contributed by atoms with E-state index in [2.05, 4.69) is 0 Å². The number of sulfonamides is 1. The number of amides is 1. The van der Waals surface area contributed by atoms with Crippen LogP contribution in [0.5, 0.6) is 5.75 Å². The van der Waals surface area contributed by atoms with Gasteiger partial charge in [0, 0.05) is 31.7 Å². The zero-order valence-electron chi connectivity index (χ0n) is 13.2. The Labute approximate surface area is 131 Å². The molecule has 0 aromatic heterocycles. The fourth-order valence-electron chi connectivity index (χ4n) is 2.59. The molecular weight excluding hydrogens is 304 g/mol. The molecule has 122 valence electrons. The Kier molecular flexibility index (Phi) is 5.08. The van der Waals surface area contributed by atoms with E-state index in [1.165, 1.54) is 10.6 Å². The van der Waals surface area contributed by atoms with Crippen molar-refractivity contribution in [3.8, 4) is 5.75 Å². The van der Waals surface area contributed by atoms with Crippen LogP contribution in [0.3, 0.4) is 0 Å². The fraction of sp³-hybridized carbons (Fsp3) is 0.533. The number of hydrogen-bond acceptors (Lipinski definition) is 4. The van der Waals surface area contributed by atoms with E-state index in [0.717, 1.165) is 17.7 Å². The van der Waals surface area contributed by atoms with Crippen LogP contribution in [0.4, 0.5) is 0 Å². The molecule has 0 bridgehead atoms. The van der Waals surface area contributed by atoms with Gasteiger partial charge in [0.25, 0.3) is 5.91 Å². The highest BCUT2D eigenvalue weighted by Crippen LogP contribution is 2.21. The van der Waals surface area contributed by atoms with Gasteiger partial charge < -0.3 is 9.64 Å². The fourth-order valence-corrected chi connectivity index (χ4v) is 3.42. The van der Waals surface area contributed by atoms with E-state index in [-0.39, 0.29) is 5.91 Å². The third-order valence-electron chi connectivity index (χ3n) is 3.90. The average Bonchev–Trinajstić information content (AvgIpc) is 2.52. The molecule has 0 radical (unpaired) electrons. The standard InChI is InChI=1S/C15H22N2O4S/c1-4-12-11-13(5-6-14(12)21-2)15(18)16-7-9-17(10-8-16)22(3,19)20/h5-6,11H,4,7-10H2,1-3H3.